The zero-order chi connectivity index (χ0) is 9.97. The maximum atomic E-state index is 8.80. The molecule has 2 aromatic rings. The Balaban J connectivity index is 2.62. The van der Waals surface area contributed by atoms with Crippen LogP contribution in [0, 0.1) is 18.3 Å². The predicted octanol–water partition coefficient (Wildman–Crippen LogP) is 1.45. The Labute approximate surface area is 81.5 Å². The first-order valence-corrected chi connectivity index (χ1v) is 4.18. The van der Waals surface area contributed by atoms with Crippen LogP contribution < -0.4 is 0 Å². The lowest BCUT2D eigenvalue weighted by molar-refractivity contribution is 0.952. The van der Waals surface area contributed by atoms with Crippen molar-refractivity contribution in [3.63, 3.8) is 0 Å². The van der Waals surface area contributed by atoms with Gasteiger partial charge in [0.2, 0.25) is 5.82 Å². The molecule has 0 bridgehead atoms. The number of imidazole rings is 1. The first kappa shape index (κ1) is 8.45. The van der Waals surface area contributed by atoms with Crippen LogP contribution in [0.4, 0.5) is 0 Å². The second-order valence-corrected chi connectivity index (χ2v) is 2.88. The highest BCUT2D eigenvalue weighted by Crippen LogP contribution is 2.11. The molecule has 14 heavy (non-hydrogen) atoms. The highest BCUT2D eigenvalue weighted by atomic mass is 15.1. The number of hydrogen-bond donors (Lipinski definition) is 0. The van der Waals surface area contributed by atoms with Crippen molar-refractivity contribution in [2.75, 3.05) is 0 Å². The van der Waals surface area contributed by atoms with Crippen LogP contribution in [0.1, 0.15) is 11.4 Å². The molecule has 4 nitrogen and oxygen atoms in total. The molecule has 0 aromatic carbocycles. The van der Waals surface area contributed by atoms with Gasteiger partial charge >= 0.3 is 0 Å². The average Bonchev–Trinajstić information content (AvgIpc) is 2.66. The largest absolute Gasteiger partial charge is 0.275 e. The minimum atomic E-state index is 0.354. The van der Waals surface area contributed by atoms with E-state index in [4.69, 9.17) is 5.26 Å². The lowest BCUT2D eigenvalue weighted by atomic mass is 10.3. The van der Waals surface area contributed by atoms with Gasteiger partial charge in [-0.25, -0.2) is 9.97 Å². The Morgan fingerprint density at radius 1 is 1.36 bits per heavy atom. The Bertz CT molecular complexity index is 493. The number of aryl methyl sites for hydroxylation is 1. The van der Waals surface area contributed by atoms with E-state index in [9.17, 15) is 0 Å². The summed E-state index contributed by atoms with van der Waals surface area (Å²) in [6, 6.07) is 5.82. The summed E-state index contributed by atoms with van der Waals surface area (Å²) in [6.07, 6.45) is 5.02. The summed E-state index contributed by atoms with van der Waals surface area (Å²) in [6.45, 7) is 1.95. The van der Waals surface area contributed by atoms with Gasteiger partial charge in [-0.3, -0.25) is 4.57 Å². The molecular weight excluding hydrogens is 176 g/mol. The van der Waals surface area contributed by atoms with E-state index in [0.717, 1.165) is 11.4 Å². The fourth-order valence-electron chi connectivity index (χ4n) is 1.29. The molecule has 0 atom stereocenters. The van der Waals surface area contributed by atoms with Crippen LogP contribution in [0.3, 0.4) is 0 Å². The third-order valence-corrected chi connectivity index (χ3v) is 1.95. The van der Waals surface area contributed by atoms with Gasteiger partial charge in [0.1, 0.15) is 11.9 Å². The summed E-state index contributed by atoms with van der Waals surface area (Å²) in [5.41, 5.74) is 1.02. The van der Waals surface area contributed by atoms with Crippen molar-refractivity contribution >= 4 is 0 Å². The molecule has 0 amide bonds. The van der Waals surface area contributed by atoms with Gasteiger partial charge in [0.25, 0.3) is 0 Å². The second-order valence-electron chi connectivity index (χ2n) is 2.88. The molecule has 68 valence electrons. The van der Waals surface area contributed by atoms with Crippen molar-refractivity contribution < 1.29 is 0 Å². The van der Waals surface area contributed by atoms with E-state index in [1.165, 1.54) is 0 Å². The maximum Gasteiger partial charge on any atom is 0.218 e. The van der Waals surface area contributed by atoms with Crippen molar-refractivity contribution in [2.45, 2.75) is 6.92 Å². The Kier molecular flexibility index (Phi) is 1.99. The normalized spacial score (nSPS) is 9.71. The molecule has 4 heteroatoms. The van der Waals surface area contributed by atoms with Gasteiger partial charge < -0.3 is 0 Å². The van der Waals surface area contributed by atoms with E-state index in [1.54, 1.807) is 23.2 Å². The summed E-state index contributed by atoms with van der Waals surface area (Å²) in [7, 11) is 0. The average molecular weight is 184 g/mol. The number of hydrogen-bond acceptors (Lipinski definition) is 3. The Hall–Kier alpha value is -2.15. The first-order chi connectivity index (χ1) is 6.83. The highest BCUT2D eigenvalue weighted by Gasteiger charge is 2.06. The lowest BCUT2D eigenvalue weighted by Gasteiger charge is -2.04. The van der Waals surface area contributed by atoms with E-state index in [0.29, 0.717) is 5.82 Å². The molecule has 0 aliphatic rings. The van der Waals surface area contributed by atoms with Gasteiger partial charge in [-0.05, 0) is 18.6 Å². The molecule has 0 unspecified atom stereocenters. The van der Waals surface area contributed by atoms with E-state index in [-0.39, 0.29) is 0 Å². The van der Waals surface area contributed by atoms with Crippen LogP contribution in [-0.2, 0) is 0 Å². The minimum absolute atomic E-state index is 0.354. The van der Waals surface area contributed by atoms with Gasteiger partial charge in [-0.1, -0.05) is 6.07 Å². The first-order valence-electron chi connectivity index (χ1n) is 4.18. The van der Waals surface area contributed by atoms with Crippen LogP contribution in [0.2, 0.25) is 0 Å². The van der Waals surface area contributed by atoms with E-state index in [2.05, 4.69) is 9.97 Å². The van der Waals surface area contributed by atoms with Crippen LogP contribution in [0.5, 0.6) is 0 Å². The molecule has 0 N–H and O–H groups in total. The summed E-state index contributed by atoms with van der Waals surface area (Å²) >= 11 is 0. The molecule has 0 saturated carbocycles. The van der Waals surface area contributed by atoms with Crippen molar-refractivity contribution in [2.24, 2.45) is 0 Å². The quantitative estimate of drug-likeness (QED) is 0.674. The molecular formula is C10H8N4. The topological polar surface area (TPSA) is 54.5 Å². The molecule has 2 rings (SSSR count). The molecule has 0 aliphatic heterocycles. The number of rotatable bonds is 1. The highest BCUT2D eigenvalue weighted by molar-refractivity contribution is 5.35. The van der Waals surface area contributed by atoms with Gasteiger partial charge in [0.05, 0.1) is 0 Å². The summed E-state index contributed by atoms with van der Waals surface area (Å²) < 4.78 is 1.68. The molecule has 0 spiro atoms. The molecule has 0 aliphatic carbocycles. The minimum Gasteiger partial charge on any atom is -0.275 e. The standard InChI is InChI=1S/C10H8N4/c1-8-3-2-4-13-10(8)14-6-5-12-9(14)7-11/h2-6H,1H3. The fraction of sp³-hybridized carbons (Fsp3) is 0.100. The molecule has 2 aromatic heterocycles. The summed E-state index contributed by atoms with van der Waals surface area (Å²) in [4.78, 5) is 8.12. The van der Waals surface area contributed by atoms with Crippen molar-refractivity contribution in [1.82, 2.24) is 14.5 Å². The number of pyridine rings is 1. The van der Waals surface area contributed by atoms with Crippen molar-refractivity contribution in [3.05, 3.63) is 42.1 Å². The SMILES string of the molecule is Cc1cccnc1-n1ccnc1C#N. The van der Waals surface area contributed by atoms with E-state index < -0.39 is 0 Å². The maximum absolute atomic E-state index is 8.80. The Morgan fingerprint density at radius 2 is 2.21 bits per heavy atom. The van der Waals surface area contributed by atoms with E-state index in [1.807, 2.05) is 25.1 Å². The monoisotopic (exact) mass is 184 g/mol. The van der Waals surface area contributed by atoms with Crippen LogP contribution >= 0.6 is 0 Å². The van der Waals surface area contributed by atoms with Crippen LogP contribution in [-0.4, -0.2) is 14.5 Å². The van der Waals surface area contributed by atoms with E-state index >= 15 is 0 Å². The number of nitriles is 1. The molecule has 0 radical (unpaired) electrons. The lowest BCUT2D eigenvalue weighted by Crippen LogP contribution is -2.01. The zero-order valence-corrected chi connectivity index (χ0v) is 7.68. The van der Waals surface area contributed by atoms with Gasteiger partial charge in [0, 0.05) is 18.6 Å². The smallest absolute Gasteiger partial charge is 0.218 e. The van der Waals surface area contributed by atoms with Crippen LogP contribution in [0.25, 0.3) is 5.82 Å². The fourth-order valence-corrected chi connectivity index (χ4v) is 1.29. The third kappa shape index (κ3) is 1.25. The number of nitrogens with zero attached hydrogens (tertiary/aromatic N) is 4. The molecule has 2 heterocycles. The van der Waals surface area contributed by atoms with Crippen molar-refractivity contribution in [1.29, 1.82) is 5.26 Å². The van der Waals surface area contributed by atoms with Gasteiger partial charge in [0.15, 0.2) is 0 Å². The molecule has 0 fully saturated rings. The predicted molar refractivity (Wildman–Crippen MR) is 50.8 cm³/mol. The summed E-state index contributed by atoms with van der Waals surface area (Å²) in [5.74, 6) is 1.10. The van der Waals surface area contributed by atoms with Gasteiger partial charge in [-0.2, -0.15) is 5.26 Å². The zero-order valence-electron chi connectivity index (χ0n) is 7.68. The van der Waals surface area contributed by atoms with Crippen molar-refractivity contribution in [3.8, 4) is 11.9 Å². The molecule has 0 saturated heterocycles. The van der Waals surface area contributed by atoms with Gasteiger partial charge in [-0.15, -0.1) is 0 Å². The second kappa shape index (κ2) is 3.30. The number of aromatic nitrogens is 3. The summed E-state index contributed by atoms with van der Waals surface area (Å²) in [5, 5.41) is 8.80. The third-order valence-electron chi connectivity index (χ3n) is 1.95. The Morgan fingerprint density at radius 3 is 2.93 bits per heavy atom. The van der Waals surface area contributed by atoms with Crippen LogP contribution in [0.15, 0.2) is 30.7 Å².